The van der Waals surface area contributed by atoms with Crippen molar-refractivity contribution < 1.29 is 9.47 Å². The summed E-state index contributed by atoms with van der Waals surface area (Å²) in [6, 6.07) is 18.6. The molecule has 0 bridgehead atoms. The van der Waals surface area contributed by atoms with E-state index in [-0.39, 0.29) is 11.5 Å². The van der Waals surface area contributed by atoms with Crippen LogP contribution in [0.5, 0.6) is 17.4 Å². The van der Waals surface area contributed by atoms with E-state index in [1.165, 1.54) is 11.1 Å². The molecule has 3 aromatic rings. The lowest BCUT2D eigenvalue weighted by molar-refractivity contribution is 0.101. The monoisotopic (exact) mass is 389 g/mol. The molecule has 1 heterocycles. The fourth-order valence-corrected chi connectivity index (χ4v) is 3.56. The predicted octanol–water partition coefficient (Wildman–Crippen LogP) is 4.77. The van der Waals surface area contributed by atoms with Gasteiger partial charge in [-0.2, -0.15) is 4.98 Å². The molecule has 0 aliphatic heterocycles. The zero-order chi connectivity index (χ0) is 20.4. The van der Waals surface area contributed by atoms with E-state index < -0.39 is 0 Å². The third kappa shape index (κ3) is 4.40. The minimum Gasteiger partial charge on any atom is -0.490 e. The molecule has 1 aromatic heterocycles. The normalized spacial score (nSPS) is 18.8. The van der Waals surface area contributed by atoms with Crippen molar-refractivity contribution in [1.29, 1.82) is 0 Å². The number of hydrogen-bond donors (Lipinski definition) is 1. The molecule has 1 aliphatic rings. The number of aryl methyl sites for hydroxylation is 1. The Morgan fingerprint density at radius 1 is 0.897 bits per heavy atom. The predicted molar refractivity (Wildman–Crippen MR) is 113 cm³/mol. The Morgan fingerprint density at radius 2 is 1.48 bits per heavy atom. The molecule has 5 nitrogen and oxygen atoms in total. The lowest BCUT2D eigenvalue weighted by Crippen LogP contribution is -2.43. The molecular weight excluding hydrogens is 362 g/mol. The largest absolute Gasteiger partial charge is 0.490 e. The second-order valence-electron chi connectivity index (χ2n) is 8.19. The molecule has 150 valence electrons. The minimum absolute atomic E-state index is 0.138. The topological polar surface area (TPSA) is 70.3 Å². The van der Waals surface area contributed by atoms with Crippen molar-refractivity contribution >= 4 is 0 Å². The molecular formula is C24H27N3O2. The van der Waals surface area contributed by atoms with Crippen LogP contribution >= 0.6 is 0 Å². The maximum absolute atomic E-state index is 5.97. The lowest BCUT2D eigenvalue weighted by Gasteiger charge is -2.33. The van der Waals surface area contributed by atoms with Crippen molar-refractivity contribution in [3.8, 4) is 17.4 Å². The third-order valence-corrected chi connectivity index (χ3v) is 5.56. The molecule has 29 heavy (non-hydrogen) atoms. The van der Waals surface area contributed by atoms with E-state index in [4.69, 9.17) is 15.2 Å². The van der Waals surface area contributed by atoms with Gasteiger partial charge in [0.2, 0.25) is 5.88 Å². The Hall–Kier alpha value is -2.92. The smallest absolute Gasteiger partial charge is 0.222 e. The van der Waals surface area contributed by atoms with E-state index in [1.54, 1.807) is 12.3 Å². The Kier molecular flexibility index (Phi) is 5.24. The van der Waals surface area contributed by atoms with Crippen LogP contribution in [0.25, 0.3) is 0 Å². The van der Waals surface area contributed by atoms with Gasteiger partial charge in [-0.3, -0.25) is 0 Å². The van der Waals surface area contributed by atoms with Gasteiger partial charge in [0, 0.05) is 23.7 Å². The Labute approximate surface area is 171 Å². The summed E-state index contributed by atoms with van der Waals surface area (Å²) in [7, 11) is 0. The van der Waals surface area contributed by atoms with Crippen LogP contribution in [0.2, 0.25) is 0 Å². The van der Waals surface area contributed by atoms with Crippen LogP contribution in [0, 0.1) is 6.92 Å². The zero-order valence-corrected chi connectivity index (χ0v) is 17.1. The zero-order valence-electron chi connectivity index (χ0n) is 17.1. The SMILES string of the molecule is Cc1nccc(Oc2ccc(C(C)(C)c3ccc(O[C@H]4C[C@H](N)C4)cc3)cc2)n1. The summed E-state index contributed by atoms with van der Waals surface area (Å²) in [4.78, 5) is 8.37. The number of ether oxygens (including phenoxy) is 2. The molecule has 1 aliphatic carbocycles. The van der Waals surface area contributed by atoms with E-state index >= 15 is 0 Å². The van der Waals surface area contributed by atoms with Gasteiger partial charge in [-0.05, 0) is 55.2 Å². The molecule has 1 fully saturated rings. The van der Waals surface area contributed by atoms with E-state index in [0.29, 0.717) is 17.7 Å². The maximum Gasteiger partial charge on any atom is 0.222 e. The van der Waals surface area contributed by atoms with Gasteiger partial charge in [0.15, 0.2) is 0 Å². The first-order chi connectivity index (χ1) is 13.9. The highest BCUT2D eigenvalue weighted by atomic mass is 16.5. The average Bonchev–Trinajstić information content (AvgIpc) is 2.68. The number of hydrogen-bond acceptors (Lipinski definition) is 5. The van der Waals surface area contributed by atoms with Crippen LogP contribution in [-0.2, 0) is 5.41 Å². The van der Waals surface area contributed by atoms with Crippen molar-refractivity contribution in [2.24, 2.45) is 5.73 Å². The van der Waals surface area contributed by atoms with Gasteiger partial charge < -0.3 is 15.2 Å². The molecule has 0 saturated heterocycles. The quantitative estimate of drug-likeness (QED) is 0.657. The fourth-order valence-electron chi connectivity index (χ4n) is 3.56. The van der Waals surface area contributed by atoms with Crippen molar-refractivity contribution in [3.05, 3.63) is 77.7 Å². The first kappa shape index (κ1) is 19.4. The summed E-state index contributed by atoms with van der Waals surface area (Å²) in [5.41, 5.74) is 8.14. The van der Waals surface area contributed by atoms with Gasteiger partial charge in [-0.25, -0.2) is 4.98 Å². The average molecular weight is 389 g/mol. The van der Waals surface area contributed by atoms with Gasteiger partial charge in [-0.15, -0.1) is 0 Å². The molecule has 1 saturated carbocycles. The Balaban J connectivity index is 1.45. The van der Waals surface area contributed by atoms with E-state index in [0.717, 1.165) is 24.3 Å². The number of nitrogens with two attached hydrogens (primary N) is 1. The third-order valence-electron chi connectivity index (χ3n) is 5.56. The summed E-state index contributed by atoms with van der Waals surface area (Å²) < 4.78 is 11.8. The highest BCUT2D eigenvalue weighted by molar-refractivity contribution is 5.42. The van der Waals surface area contributed by atoms with Crippen LogP contribution in [0.15, 0.2) is 60.8 Å². The number of aromatic nitrogens is 2. The first-order valence-electron chi connectivity index (χ1n) is 10.0. The standard InChI is InChI=1S/C24H27N3O2/c1-16-26-13-12-23(27-16)29-21-10-6-18(7-11-21)24(2,3)17-4-8-20(9-5-17)28-22-14-19(25)15-22/h4-13,19,22H,14-15,25H2,1-3H3/t19-,22-. The van der Waals surface area contributed by atoms with Crippen molar-refractivity contribution in [2.45, 2.75) is 51.2 Å². The molecule has 5 heteroatoms. The van der Waals surface area contributed by atoms with Crippen LogP contribution in [0.1, 0.15) is 43.6 Å². The Morgan fingerprint density at radius 3 is 2.03 bits per heavy atom. The van der Waals surface area contributed by atoms with E-state index in [9.17, 15) is 0 Å². The molecule has 2 N–H and O–H groups in total. The molecule has 0 atom stereocenters. The highest BCUT2D eigenvalue weighted by Crippen LogP contribution is 2.34. The second-order valence-corrected chi connectivity index (χ2v) is 8.19. The number of benzene rings is 2. The van der Waals surface area contributed by atoms with Crippen LogP contribution in [-0.4, -0.2) is 22.1 Å². The number of nitrogens with zero attached hydrogens (tertiary/aromatic N) is 2. The molecule has 2 aromatic carbocycles. The summed E-state index contributed by atoms with van der Waals surface area (Å²) in [6.45, 7) is 6.28. The fraction of sp³-hybridized carbons (Fsp3) is 0.333. The lowest BCUT2D eigenvalue weighted by atomic mass is 9.78. The van der Waals surface area contributed by atoms with Gasteiger partial charge in [0.05, 0.1) is 0 Å². The van der Waals surface area contributed by atoms with E-state index in [2.05, 4.69) is 60.2 Å². The van der Waals surface area contributed by atoms with Crippen LogP contribution in [0.3, 0.4) is 0 Å². The van der Waals surface area contributed by atoms with Gasteiger partial charge >= 0.3 is 0 Å². The van der Waals surface area contributed by atoms with Gasteiger partial charge in [0.1, 0.15) is 23.4 Å². The second kappa shape index (κ2) is 7.84. The molecule has 0 amide bonds. The summed E-state index contributed by atoms with van der Waals surface area (Å²) in [6.07, 6.45) is 3.84. The van der Waals surface area contributed by atoms with Gasteiger partial charge in [-0.1, -0.05) is 38.1 Å². The van der Waals surface area contributed by atoms with Crippen molar-refractivity contribution in [1.82, 2.24) is 9.97 Å². The summed E-state index contributed by atoms with van der Waals surface area (Å²) in [5, 5.41) is 0. The summed E-state index contributed by atoms with van der Waals surface area (Å²) in [5.74, 6) is 2.90. The molecule has 0 spiro atoms. The molecule has 0 radical (unpaired) electrons. The van der Waals surface area contributed by atoms with E-state index in [1.807, 2.05) is 19.1 Å². The highest BCUT2D eigenvalue weighted by Gasteiger charge is 2.28. The molecule has 4 rings (SSSR count). The summed E-state index contributed by atoms with van der Waals surface area (Å²) >= 11 is 0. The maximum atomic E-state index is 5.97. The number of rotatable bonds is 6. The van der Waals surface area contributed by atoms with Crippen molar-refractivity contribution in [2.75, 3.05) is 0 Å². The minimum atomic E-state index is -0.138. The van der Waals surface area contributed by atoms with Crippen LogP contribution < -0.4 is 15.2 Å². The first-order valence-corrected chi connectivity index (χ1v) is 10.0. The molecule has 0 unspecified atom stereocenters. The van der Waals surface area contributed by atoms with Crippen LogP contribution in [0.4, 0.5) is 0 Å². The van der Waals surface area contributed by atoms with Gasteiger partial charge in [0.25, 0.3) is 0 Å². The Bertz CT molecular complexity index is 962. The van der Waals surface area contributed by atoms with Crippen molar-refractivity contribution in [3.63, 3.8) is 0 Å².